The predicted octanol–water partition coefficient (Wildman–Crippen LogP) is 2.62. The summed E-state index contributed by atoms with van der Waals surface area (Å²) in [6.45, 7) is 2.29. The standard InChI is InChI=1S/C16H22ClN3O2/c1-11(21)18-9-10-19-16(22)20-15(12-3-2-4-12)13-5-7-14(17)8-6-13/h5-8,12,15H,2-4,9-10H2,1H3,(H,18,21)(H2,19,20,22)/t15-/m1/s1. The number of carbonyl (C=O) groups excluding carboxylic acids is 2. The topological polar surface area (TPSA) is 70.2 Å². The van der Waals surface area contributed by atoms with Crippen LogP contribution in [0.2, 0.25) is 5.02 Å². The Kier molecular flexibility index (Phi) is 6.07. The zero-order valence-electron chi connectivity index (χ0n) is 12.7. The van der Waals surface area contributed by atoms with Crippen LogP contribution in [-0.4, -0.2) is 25.0 Å². The highest BCUT2D eigenvalue weighted by Gasteiger charge is 2.29. The Hall–Kier alpha value is -1.75. The van der Waals surface area contributed by atoms with E-state index in [2.05, 4.69) is 16.0 Å². The molecule has 1 aromatic carbocycles. The summed E-state index contributed by atoms with van der Waals surface area (Å²) < 4.78 is 0. The van der Waals surface area contributed by atoms with Gasteiger partial charge in [0.15, 0.2) is 0 Å². The van der Waals surface area contributed by atoms with Gasteiger partial charge in [-0.25, -0.2) is 4.79 Å². The second kappa shape index (κ2) is 8.03. The normalized spacial score (nSPS) is 15.5. The van der Waals surface area contributed by atoms with Gasteiger partial charge in [-0.05, 0) is 36.5 Å². The first-order valence-electron chi connectivity index (χ1n) is 7.60. The minimum absolute atomic E-state index is 0.00628. The van der Waals surface area contributed by atoms with Crippen LogP contribution >= 0.6 is 11.6 Å². The van der Waals surface area contributed by atoms with Crippen LogP contribution in [0.25, 0.3) is 0 Å². The van der Waals surface area contributed by atoms with Crippen molar-refractivity contribution in [3.05, 3.63) is 34.9 Å². The fourth-order valence-corrected chi connectivity index (χ4v) is 2.65. The molecule has 1 atom stereocenters. The van der Waals surface area contributed by atoms with Crippen LogP contribution in [0, 0.1) is 5.92 Å². The fraction of sp³-hybridized carbons (Fsp3) is 0.500. The van der Waals surface area contributed by atoms with Gasteiger partial charge in [0.1, 0.15) is 0 Å². The van der Waals surface area contributed by atoms with Crippen molar-refractivity contribution >= 4 is 23.5 Å². The van der Waals surface area contributed by atoms with Gasteiger partial charge in [-0.1, -0.05) is 30.2 Å². The van der Waals surface area contributed by atoms with E-state index in [1.807, 2.05) is 24.3 Å². The lowest BCUT2D eigenvalue weighted by molar-refractivity contribution is -0.118. The molecular weight excluding hydrogens is 302 g/mol. The smallest absolute Gasteiger partial charge is 0.315 e. The SMILES string of the molecule is CC(=O)NCCNC(=O)N[C@@H](c1ccc(Cl)cc1)C1CCC1. The van der Waals surface area contributed by atoms with Gasteiger partial charge in [0.05, 0.1) is 6.04 Å². The molecule has 6 heteroatoms. The first-order chi connectivity index (χ1) is 10.6. The molecule has 1 aromatic rings. The molecule has 3 N–H and O–H groups in total. The summed E-state index contributed by atoms with van der Waals surface area (Å²) in [4.78, 5) is 22.8. The van der Waals surface area contributed by atoms with E-state index < -0.39 is 0 Å². The Labute approximate surface area is 135 Å². The van der Waals surface area contributed by atoms with Gasteiger partial charge in [0.2, 0.25) is 5.91 Å². The zero-order valence-corrected chi connectivity index (χ0v) is 13.5. The number of nitrogens with one attached hydrogen (secondary N) is 3. The fourth-order valence-electron chi connectivity index (χ4n) is 2.52. The zero-order chi connectivity index (χ0) is 15.9. The van der Waals surface area contributed by atoms with Gasteiger partial charge in [-0.15, -0.1) is 0 Å². The van der Waals surface area contributed by atoms with E-state index in [9.17, 15) is 9.59 Å². The van der Waals surface area contributed by atoms with Crippen molar-refractivity contribution < 1.29 is 9.59 Å². The quantitative estimate of drug-likeness (QED) is 0.704. The molecule has 120 valence electrons. The summed E-state index contributed by atoms with van der Waals surface area (Å²) in [6.07, 6.45) is 3.46. The third-order valence-electron chi connectivity index (χ3n) is 3.92. The summed E-state index contributed by atoms with van der Waals surface area (Å²) in [5, 5.41) is 9.13. The Bertz CT molecular complexity index is 515. The maximum atomic E-state index is 12.0. The van der Waals surface area contributed by atoms with Crippen LogP contribution in [0.15, 0.2) is 24.3 Å². The van der Waals surface area contributed by atoms with Crippen molar-refractivity contribution in [2.75, 3.05) is 13.1 Å². The first kappa shape index (κ1) is 16.6. The summed E-state index contributed by atoms with van der Waals surface area (Å²) in [7, 11) is 0. The lowest BCUT2D eigenvalue weighted by Gasteiger charge is -2.34. The molecule has 0 spiro atoms. The summed E-state index contributed by atoms with van der Waals surface area (Å²) in [5.74, 6) is 0.373. The van der Waals surface area contributed by atoms with Crippen LogP contribution in [0.1, 0.15) is 37.8 Å². The molecule has 22 heavy (non-hydrogen) atoms. The van der Waals surface area contributed by atoms with Gasteiger partial charge in [0, 0.05) is 25.0 Å². The average Bonchev–Trinajstić information content (AvgIpc) is 2.42. The van der Waals surface area contributed by atoms with Crippen molar-refractivity contribution in [3.63, 3.8) is 0 Å². The maximum absolute atomic E-state index is 12.0. The number of rotatable bonds is 6. The highest BCUT2D eigenvalue weighted by Crippen LogP contribution is 2.37. The van der Waals surface area contributed by atoms with Crippen LogP contribution in [0.4, 0.5) is 4.79 Å². The molecule has 0 unspecified atom stereocenters. The number of amides is 3. The number of carbonyl (C=O) groups is 2. The van der Waals surface area contributed by atoms with Crippen molar-refractivity contribution in [2.24, 2.45) is 5.92 Å². The second-order valence-electron chi connectivity index (χ2n) is 5.60. The van der Waals surface area contributed by atoms with Gasteiger partial charge >= 0.3 is 6.03 Å². The largest absolute Gasteiger partial charge is 0.355 e. The lowest BCUT2D eigenvalue weighted by Crippen LogP contribution is -2.44. The molecule has 1 fully saturated rings. The summed E-state index contributed by atoms with van der Waals surface area (Å²) in [5.41, 5.74) is 1.08. The molecule has 0 heterocycles. The van der Waals surface area contributed by atoms with Crippen LogP contribution in [-0.2, 0) is 4.79 Å². The van der Waals surface area contributed by atoms with Crippen LogP contribution in [0.5, 0.6) is 0 Å². The highest BCUT2D eigenvalue weighted by molar-refractivity contribution is 6.30. The molecule has 0 aromatic heterocycles. The second-order valence-corrected chi connectivity index (χ2v) is 6.04. The molecule has 3 amide bonds. The van der Waals surface area contributed by atoms with Crippen LogP contribution < -0.4 is 16.0 Å². The van der Waals surface area contributed by atoms with E-state index >= 15 is 0 Å². The summed E-state index contributed by atoms with van der Waals surface area (Å²) >= 11 is 5.93. The third-order valence-corrected chi connectivity index (χ3v) is 4.17. The highest BCUT2D eigenvalue weighted by atomic mass is 35.5. The maximum Gasteiger partial charge on any atom is 0.315 e. The van der Waals surface area contributed by atoms with Gasteiger partial charge in [-0.3, -0.25) is 4.79 Å². The van der Waals surface area contributed by atoms with Crippen molar-refractivity contribution in [1.82, 2.24) is 16.0 Å². The van der Waals surface area contributed by atoms with Crippen molar-refractivity contribution in [3.8, 4) is 0 Å². The molecule has 0 saturated heterocycles. The average molecular weight is 324 g/mol. The Morgan fingerprint density at radius 1 is 1.18 bits per heavy atom. The third kappa shape index (κ3) is 4.91. The number of urea groups is 1. The molecule has 0 radical (unpaired) electrons. The van der Waals surface area contributed by atoms with Gasteiger partial charge in [0.25, 0.3) is 0 Å². The monoisotopic (exact) mass is 323 g/mol. The first-order valence-corrected chi connectivity index (χ1v) is 7.98. The molecule has 1 aliphatic carbocycles. The molecular formula is C16H22ClN3O2. The minimum atomic E-state index is -0.211. The Balaban J connectivity index is 1.88. The number of hydrogen-bond donors (Lipinski definition) is 3. The summed E-state index contributed by atoms with van der Waals surface area (Å²) in [6, 6.07) is 7.41. The van der Waals surface area contributed by atoms with Crippen LogP contribution in [0.3, 0.4) is 0 Å². The Morgan fingerprint density at radius 3 is 2.36 bits per heavy atom. The van der Waals surface area contributed by atoms with E-state index in [1.165, 1.54) is 13.3 Å². The lowest BCUT2D eigenvalue weighted by atomic mass is 9.77. The molecule has 0 bridgehead atoms. The number of halogens is 1. The minimum Gasteiger partial charge on any atom is -0.355 e. The van der Waals surface area contributed by atoms with Gasteiger partial charge < -0.3 is 16.0 Å². The van der Waals surface area contributed by atoms with E-state index in [-0.39, 0.29) is 18.0 Å². The molecule has 0 aliphatic heterocycles. The van der Waals surface area contributed by atoms with E-state index in [0.717, 1.165) is 18.4 Å². The molecule has 1 aliphatic rings. The van der Waals surface area contributed by atoms with E-state index in [4.69, 9.17) is 11.6 Å². The van der Waals surface area contributed by atoms with E-state index in [0.29, 0.717) is 24.0 Å². The number of hydrogen-bond acceptors (Lipinski definition) is 2. The van der Waals surface area contributed by atoms with Crippen molar-refractivity contribution in [2.45, 2.75) is 32.2 Å². The Morgan fingerprint density at radius 2 is 1.82 bits per heavy atom. The predicted molar refractivity (Wildman–Crippen MR) is 86.8 cm³/mol. The van der Waals surface area contributed by atoms with Gasteiger partial charge in [-0.2, -0.15) is 0 Å². The molecule has 2 rings (SSSR count). The molecule has 5 nitrogen and oxygen atoms in total. The van der Waals surface area contributed by atoms with Crippen molar-refractivity contribution in [1.29, 1.82) is 0 Å². The molecule has 1 saturated carbocycles. The number of benzene rings is 1. The van der Waals surface area contributed by atoms with E-state index in [1.54, 1.807) is 0 Å².